The highest BCUT2D eigenvalue weighted by Gasteiger charge is 2.19. The summed E-state index contributed by atoms with van der Waals surface area (Å²) >= 11 is 6.11. The van der Waals surface area contributed by atoms with Gasteiger partial charge in [0, 0.05) is 25.7 Å². The van der Waals surface area contributed by atoms with E-state index < -0.39 is 20.0 Å². The van der Waals surface area contributed by atoms with E-state index >= 15 is 0 Å². The van der Waals surface area contributed by atoms with Gasteiger partial charge in [-0.15, -0.1) is 0 Å². The van der Waals surface area contributed by atoms with E-state index in [0.717, 1.165) is 16.8 Å². The summed E-state index contributed by atoms with van der Waals surface area (Å²) in [4.78, 5) is 12.3. The predicted molar refractivity (Wildman–Crippen MR) is 128 cm³/mol. The molecule has 1 amide bonds. The van der Waals surface area contributed by atoms with Crippen LogP contribution in [-0.4, -0.2) is 56.0 Å². The van der Waals surface area contributed by atoms with Gasteiger partial charge in [-0.25, -0.2) is 16.8 Å². The van der Waals surface area contributed by atoms with E-state index in [-0.39, 0.29) is 30.3 Å². The van der Waals surface area contributed by atoms with Crippen molar-refractivity contribution in [2.45, 2.75) is 12.8 Å². The molecule has 9 nitrogen and oxygen atoms in total. The minimum Gasteiger partial charge on any atom is -0.495 e. The number of amides is 1. The van der Waals surface area contributed by atoms with Crippen LogP contribution in [0.1, 0.15) is 12.8 Å². The molecule has 12 heteroatoms. The number of anilines is 3. The number of sulfonamides is 2. The standard InChI is InChI=1S/C20H26ClN3O6S2/c1-23(31(3,26)27)16-8-5-7-15(13-16)22-20(25)9-6-12-24(32(4,28)29)17-10-11-19(30-2)18(21)14-17/h5,7-8,10-11,13-14H,6,9,12H2,1-4H3,(H,22,25). The van der Waals surface area contributed by atoms with Gasteiger partial charge in [-0.2, -0.15) is 0 Å². The third-order valence-corrected chi connectivity index (χ3v) is 7.27. The fraction of sp³-hybridized carbons (Fsp3) is 0.350. The molecular formula is C20H26ClN3O6S2. The van der Waals surface area contributed by atoms with Crippen LogP contribution in [0.5, 0.6) is 5.75 Å². The maximum Gasteiger partial charge on any atom is 0.232 e. The van der Waals surface area contributed by atoms with Gasteiger partial charge < -0.3 is 10.1 Å². The molecule has 1 N–H and O–H groups in total. The summed E-state index contributed by atoms with van der Waals surface area (Å²) in [6, 6.07) is 11.1. The summed E-state index contributed by atoms with van der Waals surface area (Å²) < 4.78 is 55.2. The number of nitrogens with one attached hydrogen (secondary N) is 1. The molecular weight excluding hydrogens is 478 g/mol. The van der Waals surface area contributed by atoms with Crippen molar-refractivity contribution >= 4 is 54.6 Å². The molecule has 0 aromatic heterocycles. The number of nitrogens with zero attached hydrogens (tertiary/aromatic N) is 2. The van der Waals surface area contributed by atoms with Gasteiger partial charge in [0.25, 0.3) is 0 Å². The van der Waals surface area contributed by atoms with Gasteiger partial charge in [0.2, 0.25) is 26.0 Å². The first-order chi connectivity index (χ1) is 14.8. The Balaban J connectivity index is 2.03. The quantitative estimate of drug-likeness (QED) is 0.533. The van der Waals surface area contributed by atoms with E-state index in [0.29, 0.717) is 22.8 Å². The van der Waals surface area contributed by atoms with Crippen molar-refractivity contribution in [3.63, 3.8) is 0 Å². The number of rotatable bonds is 10. The summed E-state index contributed by atoms with van der Waals surface area (Å²) in [6.07, 6.45) is 2.48. The Bertz CT molecular complexity index is 1190. The summed E-state index contributed by atoms with van der Waals surface area (Å²) in [5, 5.41) is 2.97. The normalized spacial score (nSPS) is 11.7. The number of benzene rings is 2. The zero-order valence-corrected chi connectivity index (χ0v) is 20.6. The molecule has 0 heterocycles. The Kier molecular flexibility index (Phi) is 8.38. The van der Waals surface area contributed by atoms with Crippen LogP contribution in [0.2, 0.25) is 5.02 Å². The van der Waals surface area contributed by atoms with Crippen molar-refractivity contribution in [1.82, 2.24) is 0 Å². The van der Waals surface area contributed by atoms with Crippen molar-refractivity contribution in [2.75, 3.05) is 47.1 Å². The van der Waals surface area contributed by atoms with Gasteiger partial charge in [0.05, 0.1) is 36.0 Å². The molecule has 2 aromatic carbocycles. The molecule has 0 atom stereocenters. The van der Waals surface area contributed by atoms with E-state index in [4.69, 9.17) is 16.3 Å². The molecule has 32 heavy (non-hydrogen) atoms. The monoisotopic (exact) mass is 503 g/mol. The van der Waals surface area contributed by atoms with Crippen molar-refractivity contribution in [1.29, 1.82) is 0 Å². The molecule has 0 unspecified atom stereocenters. The number of carbonyl (C=O) groups is 1. The second-order valence-corrected chi connectivity index (χ2v) is 11.4. The fourth-order valence-electron chi connectivity index (χ4n) is 2.87. The third kappa shape index (κ3) is 7.01. The maximum absolute atomic E-state index is 12.3. The van der Waals surface area contributed by atoms with Gasteiger partial charge in [-0.1, -0.05) is 17.7 Å². The smallest absolute Gasteiger partial charge is 0.232 e. The van der Waals surface area contributed by atoms with Gasteiger partial charge >= 0.3 is 0 Å². The molecule has 2 aromatic rings. The molecule has 0 aliphatic rings. The SMILES string of the molecule is COc1ccc(N(CCCC(=O)Nc2cccc(N(C)S(C)(=O)=O)c2)S(C)(=O)=O)cc1Cl. The molecule has 176 valence electrons. The van der Waals surface area contributed by atoms with Crippen molar-refractivity contribution in [3.8, 4) is 5.75 Å². The van der Waals surface area contributed by atoms with Crippen LogP contribution in [0.4, 0.5) is 17.1 Å². The van der Waals surface area contributed by atoms with Gasteiger partial charge in [-0.3, -0.25) is 13.4 Å². The van der Waals surface area contributed by atoms with Crippen LogP contribution >= 0.6 is 11.6 Å². The Morgan fingerprint density at radius 2 is 1.72 bits per heavy atom. The minimum atomic E-state index is -3.60. The number of hydrogen-bond donors (Lipinski definition) is 1. The highest BCUT2D eigenvalue weighted by molar-refractivity contribution is 7.92. The molecule has 0 bridgehead atoms. The summed E-state index contributed by atoms with van der Waals surface area (Å²) in [7, 11) is -4.15. The van der Waals surface area contributed by atoms with Crippen LogP contribution < -0.4 is 18.7 Å². The number of ether oxygens (including phenoxy) is 1. The molecule has 0 aliphatic carbocycles. The first-order valence-corrected chi connectivity index (χ1v) is 13.6. The van der Waals surface area contributed by atoms with Crippen molar-refractivity contribution < 1.29 is 26.4 Å². The number of carbonyl (C=O) groups excluding carboxylic acids is 1. The lowest BCUT2D eigenvalue weighted by Crippen LogP contribution is -2.31. The van der Waals surface area contributed by atoms with Crippen molar-refractivity contribution in [3.05, 3.63) is 47.5 Å². The lowest BCUT2D eigenvalue weighted by atomic mass is 10.2. The van der Waals surface area contributed by atoms with E-state index in [1.807, 2.05) is 0 Å². The Labute approximate surface area is 194 Å². The second-order valence-electron chi connectivity index (χ2n) is 7.09. The van der Waals surface area contributed by atoms with Crippen LogP contribution in [0.15, 0.2) is 42.5 Å². The summed E-state index contributed by atoms with van der Waals surface area (Å²) in [5.74, 6) is 0.0948. The second kappa shape index (κ2) is 10.4. The van der Waals surface area contributed by atoms with E-state index in [1.54, 1.807) is 36.4 Å². The first kappa shape index (κ1) is 25.8. The predicted octanol–water partition coefficient (Wildman–Crippen LogP) is 2.93. The molecule has 0 saturated heterocycles. The lowest BCUT2D eigenvalue weighted by molar-refractivity contribution is -0.116. The van der Waals surface area contributed by atoms with Crippen LogP contribution in [0, 0.1) is 0 Å². The molecule has 0 spiro atoms. The molecule has 0 radical (unpaired) electrons. The van der Waals surface area contributed by atoms with Gasteiger partial charge in [0.1, 0.15) is 5.75 Å². The maximum atomic E-state index is 12.3. The van der Waals surface area contributed by atoms with Gasteiger partial charge in [0.15, 0.2) is 0 Å². The zero-order valence-electron chi connectivity index (χ0n) is 18.2. The average Bonchev–Trinajstić information content (AvgIpc) is 2.69. The highest BCUT2D eigenvalue weighted by Crippen LogP contribution is 2.30. The van der Waals surface area contributed by atoms with Crippen molar-refractivity contribution in [2.24, 2.45) is 0 Å². The molecule has 2 rings (SSSR count). The highest BCUT2D eigenvalue weighted by atomic mass is 35.5. The molecule has 0 fully saturated rings. The summed E-state index contributed by atoms with van der Waals surface area (Å²) in [6.45, 7) is 0.0752. The van der Waals surface area contributed by atoms with E-state index in [2.05, 4.69) is 5.32 Å². The number of hydrogen-bond acceptors (Lipinski definition) is 6. The van der Waals surface area contributed by atoms with Gasteiger partial charge in [-0.05, 0) is 42.8 Å². The van der Waals surface area contributed by atoms with Crippen LogP contribution in [-0.2, 0) is 24.8 Å². The minimum absolute atomic E-state index is 0.0576. The van der Waals surface area contributed by atoms with Crippen LogP contribution in [0.3, 0.4) is 0 Å². The largest absolute Gasteiger partial charge is 0.495 e. The average molecular weight is 504 g/mol. The van der Waals surface area contributed by atoms with Crippen LogP contribution in [0.25, 0.3) is 0 Å². The number of methoxy groups -OCH3 is 1. The Hall–Kier alpha value is -2.50. The Morgan fingerprint density at radius 3 is 2.28 bits per heavy atom. The van der Waals surface area contributed by atoms with E-state index in [9.17, 15) is 21.6 Å². The first-order valence-electron chi connectivity index (χ1n) is 9.48. The lowest BCUT2D eigenvalue weighted by Gasteiger charge is -2.23. The fourth-order valence-corrected chi connectivity index (χ4v) is 4.58. The topological polar surface area (TPSA) is 113 Å². The van der Waals surface area contributed by atoms with E-state index in [1.165, 1.54) is 24.5 Å². The summed E-state index contributed by atoms with van der Waals surface area (Å²) in [5.41, 5.74) is 1.21. The third-order valence-electron chi connectivity index (χ3n) is 4.58. The zero-order chi connectivity index (χ0) is 24.1. The molecule has 0 aliphatic heterocycles. The molecule has 0 saturated carbocycles. The number of halogens is 1. The Morgan fingerprint density at radius 1 is 1.03 bits per heavy atom.